The number of hydrogen-bond donors (Lipinski definition) is 1. The number of benzene rings is 3. The average molecular weight is 482 g/mol. The third kappa shape index (κ3) is 5.05. The summed E-state index contributed by atoms with van der Waals surface area (Å²) in [7, 11) is 0. The minimum Gasteiger partial charge on any atom is -0.366 e. The minimum absolute atomic E-state index is 0.0220. The monoisotopic (exact) mass is 481 g/mol. The van der Waals surface area contributed by atoms with Crippen LogP contribution in [0.1, 0.15) is 34.8 Å². The van der Waals surface area contributed by atoms with Gasteiger partial charge in [0.15, 0.2) is 0 Å². The summed E-state index contributed by atoms with van der Waals surface area (Å²) >= 11 is 0. The van der Waals surface area contributed by atoms with Crippen molar-refractivity contribution in [3.63, 3.8) is 0 Å². The Bertz CT molecular complexity index is 1320. The maximum Gasteiger partial charge on any atom is 0.248 e. The summed E-state index contributed by atoms with van der Waals surface area (Å²) in [5, 5.41) is 7.24. The standard InChI is InChI=1S/C26H27N9O/c1-2-25-34(21-8-3-18(4-9-21)13-15-30-32-28)23-12-7-20(26(27)36)17-24(23)35(25)22-10-5-19(6-11-22)14-16-31-33-29/h3-12,17,25H,2,13-16H2,1H3,(H2,27,36). The van der Waals surface area contributed by atoms with Gasteiger partial charge < -0.3 is 15.5 Å². The summed E-state index contributed by atoms with van der Waals surface area (Å²) in [5.41, 5.74) is 29.2. The van der Waals surface area contributed by atoms with Crippen molar-refractivity contribution in [3.8, 4) is 0 Å². The Kier molecular flexibility index (Phi) is 7.60. The van der Waals surface area contributed by atoms with Crippen molar-refractivity contribution in [1.82, 2.24) is 0 Å². The molecule has 0 radical (unpaired) electrons. The van der Waals surface area contributed by atoms with E-state index in [4.69, 9.17) is 16.8 Å². The lowest BCUT2D eigenvalue weighted by Crippen LogP contribution is -2.37. The molecule has 3 aromatic rings. The Morgan fingerprint density at radius 3 is 1.78 bits per heavy atom. The van der Waals surface area contributed by atoms with Gasteiger partial charge in [0.1, 0.15) is 6.17 Å². The lowest BCUT2D eigenvalue weighted by atomic mass is 10.1. The highest BCUT2D eigenvalue weighted by Gasteiger charge is 2.37. The van der Waals surface area contributed by atoms with Gasteiger partial charge in [-0.05, 0) is 83.9 Å². The summed E-state index contributed by atoms with van der Waals surface area (Å²) in [5.74, 6) is -0.470. The third-order valence-corrected chi connectivity index (χ3v) is 6.30. The second kappa shape index (κ2) is 11.2. The maximum absolute atomic E-state index is 12.0. The second-order valence-corrected chi connectivity index (χ2v) is 8.44. The molecule has 10 heteroatoms. The second-order valence-electron chi connectivity index (χ2n) is 8.44. The quantitative estimate of drug-likeness (QED) is 0.200. The van der Waals surface area contributed by atoms with Crippen molar-refractivity contribution in [2.24, 2.45) is 16.0 Å². The molecule has 3 aromatic carbocycles. The number of fused-ring (bicyclic) bond motifs is 1. The molecule has 1 atom stereocenters. The van der Waals surface area contributed by atoms with Crippen LogP contribution in [0.3, 0.4) is 0 Å². The van der Waals surface area contributed by atoms with Crippen LogP contribution < -0.4 is 15.5 Å². The summed E-state index contributed by atoms with van der Waals surface area (Å²) < 4.78 is 0. The molecule has 0 saturated carbocycles. The molecule has 2 N–H and O–H groups in total. The molecular formula is C26H27N9O. The molecule has 1 unspecified atom stereocenters. The van der Waals surface area contributed by atoms with Crippen molar-refractivity contribution < 1.29 is 4.79 Å². The van der Waals surface area contributed by atoms with E-state index >= 15 is 0 Å². The Morgan fingerprint density at radius 1 is 0.833 bits per heavy atom. The van der Waals surface area contributed by atoms with Crippen LogP contribution >= 0.6 is 0 Å². The lowest BCUT2D eigenvalue weighted by Gasteiger charge is -2.32. The van der Waals surface area contributed by atoms with Crippen LogP contribution in [0.2, 0.25) is 0 Å². The van der Waals surface area contributed by atoms with Gasteiger partial charge in [-0.1, -0.05) is 41.4 Å². The van der Waals surface area contributed by atoms with Gasteiger partial charge in [-0.2, -0.15) is 0 Å². The highest BCUT2D eigenvalue weighted by atomic mass is 16.1. The molecular weight excluding hydrogens is 454 g/mol. The molecule has 1 aliphatic heterocycles. The zero-order valence-electron chi connectivity index (χ0n) is 20.0. The first-order chi connectivity index (χ1) is 17.6. The van der Waals surface area contributed by atoms with E-state index in [-0.39, 0.29) is 6.17 Å². The number of rotatable bonds is 10. The van der Waals surface area contributed by atoms with Crippen molar-refractivity contribution in [2.75, 3.05) is 22.9 Å². The van der Waals surface area contributed by atoms with E-state index < -0.39 is 5.91 Å². The van der Waals surface area contributed by atoms with Crippen molar-refractivity contribution in [2.45, 2.75) is 32.4 Å². The van der Waals surface area contributed by atoms with E-state index in [2.05, 4.69) is 61.0 Å². The van der Waals surface area contributed by atoms with Crippen LogP contribution in [0.25, 0.3) is 20.9 Å². The molecule has 0 aliphatic carbocycles. The highest BCUT2D eigenvalue weighted by molar-refractivity contribution is 5.98. The molecule has 0 bridgehead atoms. The van der Waals surface area contributed by atoms with E-state index in [0.717, 1.165) is 40.3 Å². The van der Waals surface area contributed by atoms with Crippen LogP contribution in [0.4, 0.5) is 22.7 Å². The fourth-order valence-electron chi connectivity index (χ4n) is 4.59. The first kappa shape index (κ1) is 24.5. The molecule has 1 aliphatic rings. The molecule has 0 spiro atoms. The van der Waals surface area contributed by atoms with Crippen LogP contribution in [-0.4, -0.2) is 25.2 Å². The fraction of sp³-hybridized carbons (Fsp3) is 0.269. The third-order valence-electron chi connectivity index (χ3n) is 6.30. The van der Waals surface area contributed by atoms with Crippen molar-refractivity contribution in [1.29, 1.82) is 0 Å². The summed E-state index contributed by atoms with van der Waals surface area (Å²) in [6.07, 6.45) is 2.14. The average Bonchev–Trinajstić information content (AvgIpc) is 3.23. The van der Waals surface area contributed by atoms with Crippen LogP contribution in [-0.2, 0) is 12.8 Å². The predicted molar refractivity (Wildman–Crippen MR) is 142 cm³/mol. The largest absolute Gasteiger partial charge is 0.366 e. The predicted octanol–water partition coefficient (Wildman–Crippen LogP) is 6.52. The lowest BCUT2D eigenvalue weighted by molar-refractivity contribution is 0.100. The van der Waals surface area contributed by atoms with Crippen LogP contribution in [0.5, 0.6) is 0 Å². The number of carbonyl (C=O) groups excluding carboxylic acids is 1. The van der Waals surface area contributed by atoms with E-state index in [1.165, 1.54) is 0 Å². The number of amides is 1. The number of anilines is 4. The van der Waals surface area contributed by atoms with Gasteiger partial charge in [0.05, 0.1) is 11.4 Å². The molecule has 1 amide bonds. The molecule has 36 heavy (non-hydrogen) atoms. The number of carbonyl (C=O) groups is 1. The van der Waals surface area contributed by atoms with E-state index in [9.17, 15) is 4.79 Å². The molecule has 0 aromatic heterocycles. The topological polar surface area (TPSA) is 147 Å². The Balaban J connectivity index is 1.72. The highest BCUT2D eigenvalue weighted by Crippen LogP contribution is 2.49. The van der Waals surface area contributed by atoms with Crippen molar-refractivity contribution >= 4 is 28.7 Å². The van der Waals surface area contributed by atoms with Gasteiger partial charge in [0.2, 0.25) is 5.91 Å². The smallest absolute Gasteiger partial charge is 0.248 e. The Morgan fingerprint density at radius 2 is 1.33 bits per heavy atom. The van der Waals surface area contributed by atoms with E-state index in [1.54, 1.807) is 6.07 Å². The molecule has 0 fully saturated rings. The minimum atomic E-state index is -0.470. The SMILES string of the molecule is CCC1N(c2ccc(CCN=[N+]=[N-])cc2)c2ccc(C(N)=O)cc2N1c1ccc(CCN=[N+]=[N-])cc1. The number of nitrogens with zero attached hydrogens (tertiary/aromatic N) is 8. The summed E-state index contributed by atoms with van der Waals surface area (Å²) in [6, 6.07) is 22.0. The fourth-order valence-corrected chi connectivity index (χ4v) is 4.59. The van der Waals surface area contributed by atoms with Gasteiger partial charge >= 0.3 is 0 Å². The molecule has 0 saturated heterocycles. The molecule has 182 valence electrons. The number of azide groups is 2. The zero-order valence-corrected chi connectivity index (χ0v) is 20.0. The van der Waals surface area contributed by atoms with Crippen LogP contribution in [0.15, 0.2) is 77.0 Å². The van der Waals surface area contributed by atoms with E-state index in [1.807, 2.05) is 36.4 Å². The van der Waals surface area contributed by atoms with Gasteiger partial charge in [-0.25, -0.2) is 0 Å². The van der Waals surface area contributed by atoms with Gasteiger partial charge in [-0.3, -0.25) is 4.79 Å². The van der Waals surface area contributed by atoms with Crippen molar-refractivity contribution in [3.05, 3.63) is 104 Å². The number of primary amides is 1. The summed E-state index contributed by atoms with van der Waals surface area (Å²) in [4.78, 5) is 22.1. The van der Waals surface area contributed by atoms with Gasteiger partial charge in [0, 0.05) is 39.9 Å². The number of hydrogen-bond acceptors (Lipinski definition) is 5. The molecule has 4 rings (SSSR count). The first-order valence-corrected chi connectivity index (χ1v) is 11.8. The number of nitrogens with two attached hydrogens (primary N) is 1. The van der Waals surface area contributed by atoms with E-state index in [0.29, 0.717) is 31.5 Å². The maximum atomic E-state index is 12.0. The normalized spacial score (nSPS) is 14.1. The Hall–Kier alpha value is -4.65. The first-order valence-electron chi connectivity index (χ1n) is 11.8. The molecule has 1 heterocycles. The molecule has 10 nitrogen and oxygen atoms in total. The van der Waals surface area contributed by atoms with Gasteiger partial charge in [0.25, 0.3) is 0 Å². The summed E-state index contributed by atoms with van der Waals surface area (Å²) in [6.45, 7) is 2.96. The Labute approximate surface area is 209 Å². The zero-order chi connectivity index (χ0) is 25.5. The van der Waals surface area contributed by atoms with Gasteiger partial charge in [-0.15, -0.1) is 0 Å². The van der Waals surface area contributed by atoms with Crippen LogP contribution in [0, 0.1) is 0 Å².